The van der Waals surface area contributed by atoms with Crippen LogP contribution in [0.25, 0.3) is 20.8 Å². The highest BCUT2D eigenvalue weighted by molar-refractivity contribution is 7.22. The van der Waals surface area contributed by atoms with E-state index in [1.54, 1.807) is 19.4 Å². The first-order chi connectivity index (χ1) is 19.9. The summed E-state index contributed by atoms with van der Waals surface area (Å²) in [5.74, 6) is -1.93. The molecule has 0 aliphatic carbocycles. The molecule has 41 heavy (non-hydrogen) atoms. The molecule has 3 aromatic heterocycles. The van der Waals surface area contributed by atoms with Crippen LogP contribution in [0.5, 0.6) is 11.5 Å². The molecule has 3 heterocycles. The van der Waals surface area contributed by atoms with Crippen LogP contribution in [0.2, 0.25) is 0 Å². The van der Waals surface area contributed by atoms with Crippen LogP contribution in [-0.2, 0) is 11.3 Å². The summed E-state index contributed by atoms with van der Waals surface area (Å²) in [6.45, 7) is 2.06. The number of carbonyl (C=O) groups is 1. The number of nitrogens with one attached hydrogen (secondary N) is 3. The van der Waals surface area contributed by atoms with Gasteiger partial charge < -0.3 is 25.4 Å². The second-order valence-corrected chi connectivity index (χ2v) is 9.86. The average Bonchev–Trinajstić information content (AvgIpc) is 3.40. The van der Waals surface area contributed by atoms with Crippen LogP contribution in [0, 0.1) is 17.5 Å². The number of fused-ring (bicyclic) bond motifs is 1. The Labute approximate surface area is 237 Å². The van der Waals surface area contributed by atoms with Gasteiger partial charge in [-0.3, -0.25) is 9.97 Å². The zero-order chi connectivity index (χ0) is 28.8. The van der Waals surface area contributed by atoms with Gasteiger partial charge in [0, 0.05) is 56.5 Å². The number of anilines is 2. The quantitative estimate of drug-likeness (QED) is 0.155. The van der Waals surface area contributed by atoms with Gasteiger partial charge >= 0.3 is 6.03 Å². The number of pyridine rings is 2. The maximum absolute atomic E-state index is 14.9. The summed E-state index contributed by atoms with van der Waals surface area (Å²) >= 11 is 1.42. The molecule has 0 atom stereocenters. The molecule has 0 bridgehead atoms. The zero-order valence-electron chi connectivity index (χ0n) is 21.7. The molecule has 2 amide bonds. The number of hydrogen-bond acceptors (Lipinski definition) is 7. The molecule has 0 spiro atoms. The monoisotopic (exact) mass is 579 g/mol. The lowest BCUT2D eigenvalue weighted by molar-refractivity contribution is 0.199. The number of rotatable bonds is 10. The molecule has 0 radical (unpaired) electrons. The topological polar surface area (TPSA) is 97.4 Å². The first-order valence-electron chi connectivity index (χ1n) is 12.4. The smallest absolute Gasteiger partial charge is 0.323 e. The molecule has 0 fully saturated rings. The van der Waals surface area contributed by atoms with Crippen LogP contribution in [0.15, 0.2) is 73.1 Å². The van der Waals surface area contributed by atoms with Crippen LogP contribution in [-0.4, -0.2) is 36.3 Å². The Bertz CT molecular complexity index is 1680. The third-order valence-electron chi connectivity index (χ3n) is 5.85. The summed E-state index contributed by atoms with van der Waals surface area (Å²) < 4.78 is 53.7. The van der Waals surface area contributed by atoms with Crippen molar-refractivity contribution < 1.29 is 27.4 Å². The van der Waals surface area contributed by atoms with Crippen molar-refractivity contribution in [3.8, 4) is 22.1 Å². The lowest BCUT2D eigenvalue weighted by Gasteiger charge is -2.11. The second kappa shape index (κ2) is 12.8. The van der Waals surface area contributed by atoms with Crippen molar-refractivity contribution >= 4 is 39.0 Å². The van der Waals surface area contributed by atoms with Gasteiger partial charge in [-0.15, -0.1) is 11.3 Å². The van der Waals surface area contributed by atoms with E-state index in [1.807, 2.05) is 24.4 Å². The van der Waals surface area contributed by atoms with Gasteiger partial charge in [-0.1, -0.05) is 6.07 Å². The summed E-state index contributed by atoms with van der Waals surface area (Å²) in [6, 6.07) is 13.1. The van der Waals surface area contributed by atoms with E-state index < -0.39 is 23.5 Å². The van der Waals surface area contributed by atoms with Crippen LogP contribution in [0.4, 0.5) is 29.3 Å². The summed E-state index contributed by atoms with van der Waals surface area (Å²) in [6.07, 6.45) is 3.38. The molecule has 2 aromatic carbocycles. The number of aromatic nitrogens is 2. The van der Waals surface area contributed by atoms with Gasteiger partial charge in [0.05, 0.1) is 33.1 Å². The number of halogens is 3. The fraction of sp³-hybridized carbons (Fsp3) is 0.138. The molecule has 0 saturated carbocycles. The van der Waals surface area contributed by atoms with Gasteiger partial charge in [-0.25, -0.2) is 18.0 Å². The maximum atomic E-state index is 14.9. The summed E-state index contributed by atoms with van der Waals surface area (Å²) in [4.78, 5) is 22.1. The standard InChI is InChI=1S/C29H24F3N5O3S/c1-39-11-10-33-15-17-2-6-22(35-16-17)27-14-24-28(41-27)26(8-9-34-24)40-25-7-4-19(13-21(25)32)36-29(38)37-23-12-18(30)3-5-20(23)31/h2-9,12-14,16,33H,10-11,15H2,1H3,(H2,36,37,38). The van der Waals surface area contributed by atoms with Crippen molar-refractivity contribution in [2.24, 2.45) is 0 Å². The van der Waals surface area contributed by atoms with Gasteiger partial charge in [0.1, 0.15) is 17.4 Å². The van der Waals surface area contributed by atoms with Gasteiger partial charge in [0.2, 0.25) is 0 Å². The predicted octanol–water partition coefficient (Wildman–Crippen LogP) is 6.95. The highest BCUT2D eigenvalue weighted by Gasteiger charge is 2.15. The molecule has 0 saturated heterocycles. The maximum Gasteiger partial charge on any atom is 0.323 e. The number of amides is 2. The summed E-state index contributed by atoms with van der Waals surface area (Å²) in [5.41, 5.74) is 2.24. The predicted molar refractivity (Wildman–Crippen MR) is 152 cm³/mol. The molecule has 0 unspecified atom stereocenters. The molecule has 5 rings (SSSR count). The van der Waals surface area contributed by atoms with Crippen molar-refractivity contribution in [3.63, 3.8) is 0 Å². The Kier molecular flexibility index (Phi) is 8.73. The van der Waals surface area contributed by atoms with Gasteiger partial charge in [0.15, 0.2) is 11.6 Å². The van der Waals surface area contributed by atoms with E-state index in [0.29, 0.717) is 29.1 Å². The molecular formula is C29H24F3N5O3S. The van der Waals surface area contributed by atoms with Gasteiger partial charge in [-0.2, -0.15) is 0 Å². The first kappa shape index (κ1) is 28.0. The fourth-order valence-corrected chi connectivity index (χ4v) is 4.90. The molecule has 0 aliphatic heterocycles. The minimum atomic E-state index is -0.867. The van der Waals surface area contributed by atoms with Crippen molar-refractivity contribution in [2.75, 3.05) is 30.9 Å². The Morgan fingerprint density at radius 3 is 2.59 bits per heavy atom. The SMILES string of the molecule is COCCNCc1ccc(-c2cc3nccc(Oc4ccc(NC(=O)Nc5cc(F)ccc5F)cc4F)c3s2)nc1. The summed E-state index contributed by atoms with van der Waals surface area (Å²) in [5, 5.41) is 7.85. The normalized spacial score (nSPS) is 11.0. The minimum Gasteiger partial charge on any atom is -0.453 e. The molecular weight excluding hydrogens is 555 g/mol. The Morgan fingerprint density at radius 1 is 0.927 bits per heavy atom. The number of benzene rings is 2. The van der Waals surface area contributed by atoms with Crippen molar-refractivity contribution in [3.05, 3.63) is 96.1 Å². The van der Waals surface area contributed by atoms with Crippen molar-refractivity contribution in [1.29, 1.82) is 0 Å². The lowest BCUT2D eigenvalue weighted by Crippen LogP contribution is -2.20. The van der Waals surface area contributed by atoms with E-state index in [1.165, 1.54) is 23.5 Å². The Balaban J connectivity index is 1.27. The lowest BCUT2D eigenvalue weighted by atomic mass is 10.2. The molecule has 12 heteroatoms. The van der Waals surface area contributed by atoms with Crippen LogP contribution < -0.4 is 20.7 Å². The van der Waals surface area contributed by atoms with E-state index in [0.717, 1.165) is 46.9 Å². The van der Waals surface area contributed by atoms with Crippen molar-refractivity contribution in [2.45, 2.75) is 6.54 Å². The average molecular weight is 580 g/mol. The number of hydrogen-bond donors (Lipinski definition) is 3. The number of carbonyl (C=O) groups excluding carboxylic acids is 1. The van der Waals surface area contributed by atoms with Crippen molar-refractivity contribution in [1.82, 2.24) is 15.3 Å². The molecule has 8 nitrogen and oxygen atoms in total. The van der Waals surface area contributed by atoms with Gasteiger partial charge in [-0.05, 0) is 42.0 Å². The highest BCUT2D eigenvalue weighted by Crippen LogP contribution is 2.39. The molecule has 5 aromatic rings. The third-order valence-corrected chi connectivity index (χ3v) is 7.01. The molecule has 210 valence electrons. The number of ether oxygens (including phenoxy) is 2. The fourth-order valence-electron chi connectivity index (χ4n) is 3.86. The third kappa shape index (κ3) is 6.98. The van der Waals surface area contributed by atoms with E-state index in [-0.39, 0.29) is 17.1 Å². The van der Waals surface area contributed by atoms with E-state index in [9.17, 15) is 18.0 Å². The largest absolute Gasteiger partial charge is 0.453 e. The highest BCUT2D eigenvalue weighted by atomic mass is 32.1. The van der Waals surface area contributed by atoms with Crippen LogP contribution in [0.1, 0.15) is 5.56 Å². The summed E-state index contributed by atoms with van der Waals surface area (Å²) in [7, 11) is 1.66. The molecule has 3 N–H and O–H groups in total. The second-order valence-electron chi connectivity index (χ2n) is 8.81. The van der Waals surface area contributed by atoms with Crippen LogP contribution >= 0.6 is 11.3 Å². The number of methoxy groups -OCH3 is 1. The molecule has 0 aliphatic rings. The zero-order valence-corrected chi connectivity index (χ0v) is 22.5. The number of nitrogens with zero attached hydrogens (tertiary/aromatic N) is 2. The minimum absolute atomic E-state index is 0.0713. The van der Waals surface area contributed by atoms with E-state index in [4.69, 9.17) is 9.47 Å². The van der Waals surface area contributed by atoms with E-state index in [2.05, 4.69) is 25.9 Å². The Hall–Kier alpha value is -4.52. The van der Waals surface area contributed by atoms with Crippen LogP contribution in [0.3, 0.4) is 0 Å². The number of thiophene rings is 1. The first-order valence-corrected chi connectivity index (χ1v) is 13.3. The Morgan fingerprint density at radius 2 is 1.80 bits per heavy atom. The van der Waals surface area contributed by atoms with Gasteiger partial charge in [0.25, 0.3) is 0 Å². The number of urea groups is 1. The van der Waals surface area contributed by atoms with E-state index >= 15 is 0 Å².